The Hall–Kier alpha value is 0.898. The first-order valence-corrected chi connectivity index (χ1v) is 13.7. The fourth-order valence-electron chi connectivity index (χ4n) is 1.11. The van der Waals surface area contributed by atoms with Gasteiger partial charge in [-0.05, 0) is 0 Å². The van der Waals surface area contributed by atoms with Gasteiger partial charge in [0.15, 0.2) is 0 Å². The summed E-state index contributed by atoms with van der Waals surface area (Å²) in [5.74, 6) is 0. The molecule has 0 N–H and O–H groups in total. The van der Waals surface area contributed by atoms with E-state index in [4.69, 9.17) is 0 Å². The average Bonchev–Trinajstić information content (AvgIpc) is 2.31. The molecule has 0 radical (unpaired) electrons. The predicted octanol–water partition coefficient (Wildman–Crippen LogP) is 1.35. The van der Waals surface area contributed by atoms with Crippen LogP contribution in [0.2, 0.25) is 18.1 Å². The van der Waals surface area contributed by atoms with Crippen LogP contribution >= 0.6 is 0 Å². The first kappa shape index (κ1) is 17.0. The van der Waals surface area contributed by atoms with Crippen molar-refractivity contribution in [3.05, 3.63) is 24.3 Å². The van der Waals surface area contributed by atoms with E-state index < -0.39 is 0 Å². The van der Waals surface area contributed by atoms with Crippen molar-refractivity contribution in [2.24, 2.45) is 0 Å². The SMILES string of the molecule is C=C(C)C(=O)[Se]C1C[Se]C[Se]C1[Se]C(=O)C(=C)C. The van der Waals surface area contributed by atoms with Crippen molar-refractivity contribution in [2.45, 2.75) is 31.9 Å². The summed E-state index contributed by atoms with van der Waals surface area (Å²) >= 11 is 1.26. The Kier molecular flexibility index (Phi) is 7.76. The zero-order valence-electron chi connectivity index (χ0n) is 10.4. The van der Waals surface area contributed by atoms with Gasteiger partial charge in [-0.2, -0.15) is 0 Å². The number of hydrogen-bond acceptors (Lipinski definition) is 2. The van der Waals surface area contributed by atoms with Gasteiger partial charge in [-0.25, -0.2) is 0 Å². The summed E-state index contributed by atoms with van der Waals surface area (Å²) in [5.41, 5.74) is 1.36. The van der Waals surface area contributed by atoms with Crippen LogP contribution in [0.3, 0.4) is 0 Å². The van der Waals surface area contributed by atoms with E-state index >= 15 is 0 Å². The van der Waals surface area contributed by atoms with Crippen molar-refractivity contribution < 1.29 is 9.59 Å². The van der Waals surface area contributed by atoms with Crippen LogP contribution in [-0.4, -0.2) is 69.2 Å². The predicted molar refractivity (Wildman–Crippen MR) is 79.8 cm³/mol. The van der Waals surface area contributed by atoms with Gasteiger partial charge in [-0.1, -0.05) is 0 Å². The van der Waals surface area contributed by atoms with Gasteiger partial charge in [0.05, 0.1) is 0 Å². The summed E-state index contributed by atoms with van der Waals surface area (Å²) < 4.78 is 2.33. The number of hydrogen-bond donors (Lipinski definition) is 0. The van der Waals surface area contributed by atoms with E-state index in [1.54, 1.807) is 13.8 Å². The van der Waals surface area contributed by atoms with Crippen LogP contribution in [0.1, 0.15) is 13.8 Å². The number of carbonyl (C=O) groups is 2. The maximum absolute atomic E-state index is 11.8. The van der Waals surface area contributed by atoms with E-state index in [9.17, 15) is 9.59 Å². The Morgan fingerprint density at radius 1 is 1.11 bits per heavy atom. The Morgan fingerprint density at radius 3 is 2.22 bits per heavy atom. The standard InChI is InChI=1S/C12H16O2Se4/c1-7(2)10(13)17-9-5-15-6-16-12(9)18-11(14)8(3)4/h9,12H,1,3,5-6H2,2,4H3. The molecule has 18 heavy (non-hydrogen) atoms. The molecule has 1 fully saturated rings. The molecular formula is C12H16O2Se4. The molecule has 0 spiro atoms. The van der Waals surface area contributed by atoms with Gasteiger partial charge in [-0.3, -0.25) is 0 Å². The fourth-order valence-corrected chi connectivity index (χ4v) is 20.3. The molecule has 100 valence electrons. The van der Waals surface area contributed by atoms with Crippen molar-refractivity contribution in [1.82, 2.24) is 0 Å². The normalized spacial score (nSPS) is 23.4. The van der Waals surface area contributed by atoms with Crippen LogP contribution in [0, 0.1) is 0 Å². The van der Waals surface area contributed by atoms with Gasteiger partial charge in [0.25, 0.3) is 0 Å². The molecule has 0 amide bonds. The summed E-state index contributed by atoms with van der Waals surface area (Å²) in [6, 6.07) is 0. The molecule has 0 aromatic rings. The Balaban J connectivity index is 2.62. The molecule has 1 heterocycles. The zero-order chi connectivity index (χ0) is 13.7. The van der Waals surface area contributed by atoms with Gasteiger partial charge >= 0.3 is 135 Å². The van der Waals surface area contributed by atoms with Gasteiger partial charge in [0.2, 0.25) is 0 Å². The Labute approximate surface area is 134 Å². The second-order valence-corrected chi connectivity index (χ2v) is 16.7. The van der Waals surface area contributed by atoms with Crippen molar-refractivity contribution in [3.63, 3.8) is 0 Å². The third kappa shape index (κ3) is 5.49. The van der Waals surface area contributed by atoms with Crippen molar-refractivity contribution in [1.29, 1.82) is 0 Å². The second kappa shape index (κ2) is 8.24. The molecule has 0 aliphatic carbocycles. The average molecular weight is 508 g/mol. The molecular weight excluding hydrogens is 492 g/mol. The molecule has 0 aromatic heterocycles. The Morgan fingerprint density at radius 2 is 1.67 bits per heavy atom. The number of carbonyl (C=O) groups excluding carboxylic acids is 2. The molecule has 2 unspecified atom stereocenters. The first-order valence-electron chi connectivity index (χ1n) is 5.34. The van der Waals surface area contributed by atoms with E-state index in [-0.39, 0.29) is 39.3 Å². The fraction of sp³-hybridized carbons (Fsp3) is 0.500. The minimum absolute atomic E-state index is 0.00246. The molecule has 0 saturated carbocycles. The van der Waals surface area contributed by atoms with Gasteiger partial charge in [0, 0.05) is 0 Å². The summed E-state index contributed by atoms with van der Waals surface area (Å²) in [6.45, 7) is 11.1. The van der Waals surface area contributed by atoms with Gasteiger partial charge < -0.3 is 0 Å². The summed E-state index contributed by atoms with van der Waals surface area (Å²) in [5, 5.41) is 1.18. The topological polar surface area (TPSA) is 34.1 Å². The molecule has 0 aromatic carbocycles. The third-order valence-electron chi connectivity index (χ3n) is 2.08. The molecule has 1 aliphatic heterocycles. The summed E-state index contributed by atoms with van der Waals surface area (Å²) in [6.07, 6.45) is 0. The van der Waals surface area contributed by atoms with Crippen LogP contribution in [0.15, 0.2) is 24.3 Å². The van der Waals surface area contributed by atoms with E-state index in [1.807, 2.05) is 0 Å². The monoisotopic (exact) mass is 512 g/mol. The number of allylic oxidation sites excluding steroid dienone is 2. The molecule has 1 rings (SSSR count). The van der Waals surface area contributed by atoms with E-state index in [0.29, 0.717) is 49.6 Å². The van der Waals surface area contributed by atoms with E-state index in [1.165, 1.54) is 9.54 Å². The molecule has 0 bridgehead atoms. The van der Waals surface area contributed by atoms with Crippen LogP contribution in [-0.2, 0) is 9.59 Å². The summed E-state index contributed by atoms with van der Waals surface area (Å²) in [4.78, 5) is 24.1. The van der Waals surface area contributed by atoms with Crippen molar-refractivity contribution >= 4 is 69.2 Å². The van der Waals surface area contributed by atoms with Gasteiger partial charge in [0.1, 0.15) is 0 Å². The van der Waals surface area contributed by atoms with Crippen LogP contribution in [0.4, 0.5) is 0 Å². The third-order valence-corrected chi connectivity index (χ3v) is 19.1. The number of rotatable bonds is 6. The quantitative estimate of drug-likeness (QED) is 0.402. The molecule has 2 atom stereocenters. The van der Waals surface area contributed by atoms with Gasteiger partial charge in [-0.15, -0.1) is 0 Å². The molecule has 2 nitrogen and oxygen atoms in total. The summed E-state index contributed by atoms with van der Waals surface area (Å²) in [7, 11) is 0. The van der Waals surface area contributed by atoms with E-state index in [0.717, 1.165) is 0 Å². The molecule has 6 heteroatoms. The Bertz CT molecular complexity index is 342. The van der Waals surface area contributed by atoms with Crippen molar-refractivity contribution in [2.75, 3.05) is 0 Å². The maximum atomic E-state index is 11.8. The van der Waals surface area contributed by atoms with E-state index in [2.05, 4.69) is 13.2 Å². The van der Waals surface area contributed by atoms with Crippen LogP contribution in [0.25, 0.3) is 0 Å². The second-order valence-electron chi connectivity index (χ2n) is 3.93. The minimum atomic E-state index is -0.00246. The first-order chi connectivity index (χ1) is 8.41. The van der Waals surface area contributed by atoms with Crippen LogP contribution < -0.4 is 0 Å². The van der Waals surface area contributed by atoms with Crippen LogP contribution in [0.5, 0.6) is 0 Å². The molecule has 1 aliphatic rings. The zero-order valence-corrected chi connectivity index (χ0v) is 17.3. The molecule has 1 saturated heterocycles. The van der Waals surface area contributed by atoms with Crippen molar-refractivity contribution in [3.8, 4) is 0 Å².